The van der Waals surface area contributed by atoms with Crippen LogP contribution in [0.4, 0.5) is 0 Å². The van der Waals surface area contributed by atoms with E-state index in [0.29, 0.717) is 0 Å². The summed E-state index contributed by atoms with van der Waals surface area (Å²) < 4.78 is 0. The number of likely N-dealkylation sites (tertiary alicyclic amines) is 1. The first-order valence-electron chi connectivity index (χ1n) is 5.88. The van der Waals surface area contributed by atoms with Gasteiger partial charge in [0.25, 0.3) is 0 Å². The van der Waals surface area contributed by atoms with Gasteiger partial charge in [-0.05, 0) is 38.0 Å². The smallest absolute Gasteiger partial charge is 0.00438 e. The summed E-state index contributed by atoms with van der Waals surface area (Å²) in [5.74, 6) is 0.963. The van der Waals surface area contributed by atoms with Crippen molar-refractivity contribution in [3.8, 4) is 0 Å². The molecule has 2 aliphatic rings. The molecule has 1 saturated carbocycles. The van der Waals surface area contributed by atoms with Crippen molar-refractivity contribution in [1.29, 1.82) is 0 Å². The van der Waals surface area contributed by atoms with Gasteiger partial charge in [0.2, 0.25) is 0 Å². The van der Waals surface area contributed by atoms with Crippen molar-refractivity contribution in [3.05, 3.63) is 0 Å². The molecule has 0 amide bonds. The normalized spacial score (nSPS) is 30.5. The second-order valence-electron chi connectivity index (χ2n) is 4.79. The Kier molecular flexibility index (Phi) is 3.39. The van der Waals surface area contributed by atoms with Gasteiger partial charge in [-0.2, -0.15) is 0 Å². The van der Waals surface area contributed by atoms with Gasteiger partial charge in [0.1, 0.15) is 0 Å². The largest absolute Gasteiger partial charge is 0.300 e. The van der Waals surface area contributed by atoms with Crippen LogP contribution in [0.1, 0.15) is 48.9 Å². The van der Waals surface area contributed by atoms with E-state index in [4.69, 9.17) is 0 Å². The Morgan fingerprint density at radius 1 is 1.31 bits per heavy atom. The van der Waals surface area contributed by atoms with Crippen LogP contribution in [-0.4, -0.2) is 24.0 Å². The fraction of sp³-hybridized carbons (Fsp3) is 1.00. The predicted octanol–water partition coefficient (Wildman–Crippen LogP) is 3.40. The van der Waals surface area contributed by atoms with Crippen molar-refractivity contribution >= 4 is 0 Å². The highest BCUT2D eigenvalue weighted by Crippen LogP contribution is 2.56. The minimum atomic E-state index is 0. The van der Waals surface area contributed by atoms with E-state index in [0.717, 1.165) is 17.4 Å². The van der Waals surface area contributed by atoms with Crippen molar-refractivity contribution < 1.29 is 1.43 Å². The molecule has 2 rings (SSSR count). The van der Waals surface area contributed by atoms with E-state index in [1.54, 1.807) is 0 Å². The van der Waals surface area contributed by atoms with Crippen molar-refractivity contribution in [2.45, 2.75) is 53.5 Å². The molecule has 1 aliphatic carbocycles. The van der Waals surface area contributed by atoms with E-state index in [1.165, 1.54) is 25.9 Å². The van der Waals surface area contributed by atoms with Crippen LogP contribution >= 0.6 is 0 Å². The van der Waals surface area contributed by atoms with Crippen molar-refractivity contribution in [3.63, 3.8) is 0 Å². The summed E-state index contributed by atoms with van der Waals surface area (Å²) in [5, 5.41) is 0. The third kappa shape index (κ3) is 2.07. The standard InChI is InChI=1S/C10H19N.C2H6.H2/c1-8(2)11-6-9(3)10(7-11)4-5-10;1-2;/h8-9H,4-7H2,1-3H3;1-2H3;1H. The lowest BCUT2D eigenvalue weighted by Gasteiger charge is -2.19. The van der Waals surface area contributed by atoms with Gasteiger partial charge >= 0.3 is 0 Å². The molecule has 2 fully saturated rings. The topological polar surface area (TPSA) is 3.24 Å². The van der Waals surface area contributed by atoms with Crippen molar-refractivity contribution in [1.82, 2.24) is 4.90 Å². The minimum absolute atomic E-state index is 0. The molecule has 0 N–H and O–H groups in total. The van der Waals surface area contributed by atoms with Crippen LogP contribution in [0.2, 0.25) is 0 Å². The Labute approximate surface area is 85.0 Å². The SMILES string of the molecule is CC.CC(C)N1CC(C)C2(CC2)C1.[HH]. The predicted molar refractivity (Wildman–Crippen MR) is 61.0 cm³/mol. The minimum Gasteiger partial charge on any atom is -0.300 e. The van der Waals surface area contributed by atoms with Gasteiger partial charge in [0.15, 0.2) is 0 Å². The highest BCUT2D eigenvalue weighted by molar-refractivity contribution is 5.04. The van der Waals surface area contributed by atoms with Crippen LogP contribution in [0.25, 0.3) is 0 Å². The zero-order chi connectivity index (χ0) is 10.1. The molecular weight excluding hydrogens is 158 g/mol. The number of rotatable bonds is 1. The number of hydrogen-bond acceptors (Lipinski definition) is 1. The van der Waals surface area contributed by atoms with Gasteiger partial charge in [-0.15, -0.1) is 0 Å². The summed E-state index contributed by atoms with van der Waals surface area (Å²) in [5.41, 5.74) is 0.782. The molecule has 80 valence electrons. The highest BCUT2D eigenvalue weighted by Gasteiger charge is 2.52. The van der Waals surface area contributed by atoms with E-state index >= 15 is 0 Å². The van der Waals surface area contributed by atoms with Crippen LogP contribution in [-0.2, 0) is 0 Å². The molecule has 0 aromatic heterocycles. The molecule has 1 aliphatic heterocycles. The number of hydrogen-bond donors (Lipinski definition) is 0. The maximum absolute atomic E-state index is 2.64. The van der Waals surface area contributed by atoms with Crippen LogP contribution in [0, 0.1) is 11.3 Å². The molecule has 1 spiro atoms. The molecule has 0 aromatic rings. The molecule has 1 nitrogen and oxygen atoms in total. The van der Waals surface area contributed by atoms with E-state index < -0.39 is 0 Å². The Hall–Kier alpha value is -0.0400. The van der Waals surface area contributed by atoms with E-state index in [-0.39, 0.29) is 1.43 Å². The quantitative estimate of drug-likeness (QED) is 0.605. The van der Waals surface area contributed by atoms with Gasteiger partial charge in [-0.25, -0.2) is 0 Å². The van der Waals surface area contributed by atoms with Gasteiger partial charge in [0, 0.05) is 20.6 Å². The molecule has 0 aromatic carbocycles. The van der Waals surface area contributed by atoms with Gasteiger partial charge < -0.3 is 4.90 Å². The molecule has 1 unspecified atom stereocenters. The summed E-state index contributed by atoms with van der Waals surface area (Å²) >= 11 is 0. The van der Waals surface area contributed by atoms with Gasteiger partial charge in [-0.1, -0.05) is 20.8 Å². The molecular formula is C12H27N. The van der Waals surface area contributed by atoms with Crippen molar-refractivity contribution in [2.75, 3.05) is 13.1 Å². The summed E-state index contributed by atoms with van der Waals surface area (Å²) in [6, 6.07) is 0.762. The van der Waals surface area contributed by atoms with E-state index in [1.807, 2.05) is 13.8 Å². The number of nitrogens with zero attached hydrogens (tertiary/aromatic N) is 1. The third-order valence-electron chi connectivity index (χ3n) is 3.69. The summed E-state index contributed by atoms with van der Waals surface area (Å²) in [6.45, 7) is 13.8. The third-order valence-corrected chi connectivity index (χ3v) is 3.69. The molecule has 0 radical (unpaired) electrons. The first kappa shape index (κ1) is 11.0. The fourth-order valence-corrected chi connectivity index (χ4v) is 2.38. The summed E-state index contributed by atoms with van der Waals surface area (Å²) in [4.78, 5) is 2.64. The molecule has 1 saturated heterocycles. The average molecular weight is 185 g/mol. The van der Waals surface area contributed by atoms with Crippen LogP contribution in [0.3, 0.4) is 0 Å². The Morgan fingerprint density at radius 2 is 1.85 bits per heavy atom. The Morgan fingerprint density at radius 3 is 2.08 bits per heavy atom. The maximum Gasteiger partial charge on any atom is 0.00438 e. The first-order chi connectivity index (χ1) is 6.14. The van der Waals surface area contributed by atoms with E-state index in [2.05, 4.69) is 25.7 Å². The molecule has 1 atom stereocenters. The van der Waals surface area contributed by atoms with Crippen molar-refractivity contribution in [2.24, 2.45) is 11.3 Å². The zero-order valence-electron chi connectivity index (χ0n) is 9.93. The average Bonchev–Trinajstić information content (AvgIpc) is 2.80. The van der Waals surface area contributed by atoms with Crippen LogP contribution in [0.5, 0.6) is 0 Å². The Bertz CT molecular complexity index is 164. The molecule has 1 heteroatoms. The van der Waals surface area contributed by atoms with Gasteiger partial charge in [-0.3, -0.25) is 0 Å². The summed E-state index contributed by atoms with van der Waals surface area (Å²) in [7, 11) is 0. The van der Waals surface area contributed by atoms with Crippen LogP contribution < -0.4 is 0 Å². The lowest BCUT2D eigenvalue weighted by molar-refractivity contribution is 0.260. The Balaban J connectivity index is 0.000000531. The second-order valence-corrected chi connectivity index (χ2v) is 4.79. The lowest BCUT2D eigenvalue weighted by atomic mass is 9.95. The molecule has 1 heterocycles. The fourth-order valence-electron chi connectivity index (χ4n) is 2.38. The molecule has 0 bridgehead atoms. The van der Waals surface area contributed by atoms with Gasteiger partial charge in [0.05, 0.1) is 0 Å². The monoisotopic (exact) mass is 185 g/mol. The van der Waals surface area contributed by atoms with E-state index in [9.17, 15) is 0 Å². The highest BCUT2D eigenvalue weighted by atomic mass is 15.2. The lowest BCUT2D eigenvalue weighted by Crippen LogP contribution is -2.28. The zero-order valence-corrected chi connectivity index (χ0v) is 9.93. The van der Waals surface area contributed by atoms with Crippen LogP contribution in [0.15, 0.2) is 0 Å². The molecule has 13 heavy (non-hydrogen) atoms. The maximum atomic E-state index is 2.64. The first-order valence-corrected chi connectivity index (χ1v) is 5.88. The second kappa shape index (κ2) is 4.00. The summed E-state index contributed by atoms with van der Waals surface area (Å²) in [6.07, 6.45) is 2.99.